The fourth-order valence-electron chi connectivity index (χ4n) is 3.38. The molecule has 0 fully saturated rings. The Kier molecular flexibility index (Phi) is 2.22. The number of hydrogen-bond acceptors (Lipinski definition) is 0. The molecule has 0 heteroatoms. The maximum absolute atomic E-state index is 2.40. The van der Waals surface area contributed by atoms with Gasteiger partial charge in [0.05, 0.1) is 0 Å². The number of hydrogen-bond donors (Lipinski definition) is 0. The summed E-state index contributed by atoms with van der Waals surface area (Å²) in [6.45, 7) is 11.9. The molecule has 0 N–H and O–H groups in total. The maximum Gasteiger partial charge on any atom is -0.00644 e. The quantitative estimate of drug-likeness (QED) is 0.592. The van der Waals surface area contributed by atoms with Crippen molar-refractivity contribution < 1.29 is 0 Å². The molecule has 0 saturated carbocycles. The van der Waals surface area contributed by atoms with E-state index in [-0.39, 0.29) is 0 Å². The Hall–Kier alpha value is -0.780. The zero-order valence-corrected chi connectivity index (χ0v) is 10.6. The van der Waals surface area contributed by atoms with Crippen LogP contribution in [0.3, 0.4) is 0 Å². The van der Waals surface area contributed by atoms with Gasteiger partial charge in [-0.1, -0.05) is 58.9 Å². The van der Waals surface area contributed by atoms with E-state index in [0.717, 1.165) is 5.92 Å². The van der Waals surface area contributed by atoms with E-state index < -0.39 is 0 Å². The third-order valence-corrected chi connectivity index (χ3v) is 4.05. The Morgan fingerprint density at radius 1 is 1.13 bits per heavy atom. The fraction of sp³-hybridized carbons (Fsp3) is 0.600. The van der Waals surface area contributed by atoms with E-state index in [1.807, 2.05) is 0 Å². The molecule has 1 aromatic carbocycles. The normalized spacial score (nSPS) is 23.9. The summed E-state index contributed by atoms with van der Waals surface area (Å²) in [5, 5.41) is 0. The minimum atomic E-state index is 0.328. The molecule has 1 aromatic rings. The smallest absolute Gasteiger partial charge is 0.00644 e. The molecule has 0 aliphatic heterocycles. The van der Waals surface area contributed by atoms with Crippen molar-refractivity contribution in [3.05, 3.63) is 35.4 Å². The SMILES string of the molecule is CC(C)(C)C1Cc2ccccc2C1(C)C. The molecule has 1 unspecified atom stereocenters. The number of rotatable bonds is 0. The van der Waals surface area contributed by atoms with Gasteiger partial charge in [-0.3, -0.25) is 0 Å². The molecular weight excluding hydrogens is 180 g/mol. The summed E-state index contributed by atoms with van der Waals surface area (Å²) in [5.41, 5.74) is 3.84. The predicted octanol–water partition coefficient (Wildman–Crippen LogP) is 4.18. The number of fused-ring (bicyclic) bond motifs is 1. The second-order valence-electron chi connectivity index (χ2n) is 6.50. The van der Waals surface area contributed by atoms with Crippen molar-refractivity contribution in [2.24, 2.45) is 11.3 Å². The molecule has 1 aliphatic rings. The molecule has 0 amide bonds. The first-order chi connectivity index (χ1) is 6.83. The van der Waals surface area contributed by atoms with Gasteiger partial charge in [-0.15, -0.1) is 0 Å². The van der Waals surface area contributed by atoms with Gasteiger partial charge >= 0.3 is 0 Å². The Morgan fingerprint density at radius 2 is 1.73 bits per heavy atom. The summed E-state index contributed by atoms with van der Waals surface area (Å²) < 4.78 is 0. The first kappa shape index (κ1) is 10.7. The Labute approximate surface area is 93.7 Å². The molecule has 1 atom stereocenters. The van der Waals surface area contributed by atoms with Gasteiger partial charge in [-0.25, -0.2) is 0 Å². The first-order valence-corrected chi connectivity index (χ1v) is 5.92. The van der Waals surface area contributed by atoms with E-state index in [0.29, 0.717) is 10.8 Å². The predicted molar refractivity (Wildman–Crippen MR) is 66.1 cm³/mol. The van der Waals surface area contributed by atoms with Gasteiger partial charge in [-0.05, 0) is 34.3 Å². The largest absolute Gasteiger partial charge is 0.0620 e. The van der Waals surface area contributed by atoms with Crippen LogP contribution in [-0.4, -0.2) is 0 Å². The summed E-state index contributed by atoms with van der Waals surface area (Å²) in [5.74, 6) is 0.752. The Morgan fingerprint density at radius 3 is 2.27 bits per heavy atom. The summed E-state index contributed by atoms with van der Waals surface area (Å²) in [6, 6.07) is 8.94. The lowest BCUT2D eigenvalue weighted by Gasteiger charge is -2.38. The maximum atomic E-state index is 2.40. The van der Waals surface area contributed by atoms with Crippen molar-refractivity contribution in [1.82, 2.24) is 0 Å². The van der Waals surface area contributed by atoms with Crippen molar-refractivity contribution in [2.75, 3.05) is 0 Å². The molecule has 0 spiro atoms. The highest BCUT2D eigenvalue weighted by Gasteiger charge is 2.44. The van der Waals surface area contributed by atoms with Gasteiger partial charge in [0.25, 0.3) is 0 Å². The minimum absolute atomic E-state index is 0.328. The van der Waals surface area contributed by atoms with Gasteiger partial charge < -0.3 is 0 Å². The molecular formula is C15H22. The van der Waals surface area contributed by atoms with Crippen molar-refractivity contribution >= 4 is 0 Å². The summed E-state index contributed by atoms with van der Waals surface area (Å²) in [7, 11) is 0. The summed E-state index contributed by atoms with van der Waals surface area (Å²) in [4.78, 5) is 0. The molecule has 0 bridgehead atoms. The van der Waals surface area contributed by atoms with Crippen LogP contribution in [0.4, 0.5) is 0 Å². The Balaban J connectivity index is 2.47. The summed E-state index contributed by atoms with van der Waals surface area (Å²) in [6.07, 6.45) is 1.24. The lowest BCUT2D eigenvalue weighted by atomic mass is 9.66. The molecule has 2 rings (SSSR count). The lowest BCUT2D eigenvalue weighted by Crippen LogP contribution is -2.34. The van der Waals surface area contributed by atoms with Crippen molar-refractivity contribution in [3.8, 4) is 0 Å². The molecule has 82 valence electrons. The average Bonchev–Trinajstić information content (AvgIpc) is 2.39. The van der Waals surface area contributed by atoms with Gasteiger partial charge in [0.2, 0.25) is 0 Å². The van der Waals surface area contributed by atoms with E-state index in [1.165, 1.54) is 6.42 Å². The van der Waals surface area contributed by atoms with Crippen LogP contribution in [0, 0.1) is 11.3 Å². The van der Waals surface area contributed by atoms with Crippen LogP contribution in [0.25, 0.3) is 0 Å². The van der Waals surface area contributed by atoms with E-state index in [4.69, 9.17) is 0 Å². The molecule has 0 saturated heterocycles. The van der Waals surface area contributed by atoms with Gasteiger partial charge in [-0.2, -0.15) is 0 Å². The van der Waals surface area contributed by atoms with Crippen LogP contribution in [-0.2, 0) is 11.8 Å². The molecule has 0 radical (unpaired) electrons. The topological polar surface area (TPSA) is 0 Å². The van der Waals surface area contributed by atoms with Gasteiger partial charge in [0.15, 0.2) is 0 Å². The highest BCUT2D eigenvalue weighted by molar-refractivity contribution is 5.40. The fourth-order valence-corrected chi connectivity index (χ4v) is 3.38. The van der Waals surface area contributed by atoms with Crippen molar-refractivity contribution in [3.63, 3.8) is 0 Å². The second kappa shape index (κ2) is 3.10. The van der Waals surface area contributed by atoms with Gasteiger partial charge in [0, 0.05) is 0 Å². The Bertz CT molecular complexity index is 366. The molecule has 1 aliphatic carbocycles. The monoisotopic (exact) mass is 202 g/mol. The summed E-state index contributed by atoms with van der Waals surface area (Å²) >= 11 is 0. The lowest BCUT2D eigenvalue weighted by molar-refractivity contribution is 0.165. The zero-order chi connectivity index (χ0) is 11.3. The average molecular weight is 202 g/mol. The van der Waals surface area contributed by atoms with Gasteiger partial charge in [0.1, 0.15) is 0 Å². The molecule has 0 aromatic heterocycles. The van der Waals surface area contributed by atoms with Crippen molar-refractivity contribution in [1.29, 1.82) is 0 Å². The van der Waals surface area contributed by atoms with E-state index >= 15 is 0 Å². The van der Waals surface area contributed by atoms with Crippen LogP contribution in [0.1, 0.15) is 45.7 Å². The second-order valence-corrected chi connectivity index (χ2v) is 6.50. The van der Waals surface area contributed by atoms with Crippen molar-refractivity contribution in [2.45, 2.75) is 46.5 Å². The third kappa shape index (κ3) is 1.60. The zero-order valence-electron chi connectivity index (χ0n) is 10.6. The molecule has 15 heavy (non-hydrogen) atoms. The standard InChI is InChI=1S/C15H22/c1-14(2,3)13-10-11-8-6-7-9-12(11)15(13,4)5/h6-9,13H,10H2,1-5H3. The van der Waals surface area contributed by atoms with Crippen LogP contribution in [0.2, 0.25) is 0 Å². The molecule has 0 heterocycles. The van der Waals surface area contributed by atoms with E-state index in [2.05, 4.69) is 58.9 Å². The highest BCUT2D eigenvalue weighted by Crippen LogP contribution is 2.50. The van der Waals surface area contributed by atoms with Crippen LogP contribution >= 0.6 is 0 Å². The third-order valence-electron chi connectivity index (χ3n) is 4.05. The minimum Gasteiger partial charge on any atom is -0.0620 e. The first-order valence-electron chi connectivity index (χ1n) is 5.92. The van der Waals surface area contributed by atoms with Crippen LogP contribution < -0.4 is 0 Å². The number of benzene rings is 1. The highest BCUT2D eigenvalue weighted by atomic mass is 14.5. The molecule has 0 nitrogen and oxygen atoms in total. The van der Waals surface area contributed by atoms with E-state index in [9.17, 15) is 0 Å². The van der Waals surface area contributed by atoms with Crippen LogP contribution in [0.15, 0.2) is 24.3 Å². The van der Waals surface area contributed by atoms with E-state index in [1.54, 1.807) is 11.1 Å². The van der Waals surface area contributed by atoms with Crippen LogP contribution in [0.5, 0.6) is 0 Å².